The first kappa shape index (κ1) is 16.3. The molecule has 0 spiro atoms. The van der Waals surface area contributed by atoms with Crippen molar-refractivity contribution >= 4 is 17.7 Å². The van der Waals surface area contributed by atoms with Gasteiger partial charge in [-0.1, -0.05) is 31.4 Å². The Hall–Kier alpha value is -1.07. The summed E-state index contributed by atoms with van der Waals surface area (Å²) < 4.78 is 12.8. The minimum Gasteiger partial charge on any atom is -0.391 e. The van der Waals surface area contributed by atoms with E-state index in [1.807, 2.05) is 0 Å². The van der Waals surface area contributed by atoms with Crippen LogP contribution < -0.4 is 5.32 Å². The van der Waals surface area contributed by atoms with Crippen LogP contribution in [0.3, 0.4) is 0 Å². The lowest BCUT2D eigenvalue weighted by molar-refractivity contribution is -0.120. The van der Waals surface area contributed by atoms with Crippen LogP contribution in [0.15, 0.2) is 24.3 Å². The van der Waals surface area contributed by atoms with E-state index in [9.17, 15) is 14.3 Å². The molecule has 0 aliphatic heterocycles. The maximum atomic E-state index is 12.8. The van der Waals surface area contributed by atoms with Crippen molar-refractivity contribution < 1.29 is 14.3 Å². The molecule has 5 heteroatoms. The summed E-state index contributed by atoms with van der Waals surface area (Å²) in [5.74, 6) is 0.763. The van der Waals surface area contributed by atoms with Gasteiger partial charge in [-0.15, -0.1) is 11.8 Å². The first-order valence-corrected chi connectivity index (χ1v) is 8.60. The normalized spacial score (nSPS) is 22.6. The number of hydrogen-bond acceptors (Lipinski definition) is 3. The summed E-state index contributed by atoms with van der Waals surface area (Å²) in [6, 6.07) is 6.21. The number of thioether (sulfide) groups is 1. The molecule has 2 rings (SSSR count). The Morgan fingerprint density at radius 3 is 2.71 bits per heavy atom. The Morgan fingerprint density at radius 1 is 1.24 bits per heavy atom. The second kappa shape index (κ2) is 8.39. The molecule has 116 valence electrons. The molecule has 0 bridgehead atoms. The van der Waals surface area contributed by atoms with Crippen LogP contribution in [0.5, 0.6) is 0 Å². The second-order valence-electron chi connectivity index (χ2n) is 5.50. The van der Waals surface area contributed by atoms with Gasteiger partial charge in [0.25, 0.3) is 0 Å². The fourth-order valence-corrected chi connectivity index (χ4v) is 3.35. The van der Waals surface area contributed by atoms with Crippen molar-refractivity contribution in [1.82, 2.24) is 5.32 Å². The number of rotatable bonds is 5. The van der Waals surface area contributed by atoms with E-state index < -0.39 is 6.10 Å². The molecule has 1 aliphatic rings. The number of carbonyl (C=O) groups excluding carboxylic acids is 1. The van der Waals surface area contributed by atoms with Gasteiger partial charge in [0.15, 0.2) is 0 Å². The molecule has 1 aromatic rings. The topological polar surface area (TPSA) is 49.3 Å². The van der Waals surface area contributed by atoms with Crippen LogP contribution in [0, 0.1) is 5.82 Å². The zero-order valence-corrected chi connectivity index (χ0v) is 12.9. The molecule has 0 saturated heterocycles. The minimum absolute atomic E-state index is 0.0342. The van der Waals surface area contributed by atoms with Crippen LogP contribution in [-0.2, 0) is 10.5 Å². The van der Waals surface area contributed by atoms with Crippen LogP contribution in [0.2, 0.25) is 0 Å². The molecule has 1 aliphatic carbocycles. The minimum atomic E-state index is -0.418. The SMILES string of the molecule is O=C(CSCc1ccc(F)cc1)NC1CCCCCC1O. The van der Waals surface area contributed by atoms with Crippen molar-refractivity contribution in [2.75, 3.05) is 5.75 Å². The number of nitrogens with one attached hydrogen (secondary N) is 1. The van der Waals surface area contributed by atoms with Crippen molar-refractivity contribution in [2.24, 2.45) is 0 Å². The van der Waals surface area contributed by atoms with Crippen LogP contribution in [0.4, 0.5) is 4.39 Å². The summed E-state index contributed by atoms with van der Waals surface area (Å²) in [6.07, 6.45) is 4.43. The molecule has 2 unspecified atom stereocenters. The highest BCUT2D eigenvalue weighted by atomic mass is 32.2. The van der Waals surface area contributed by atoms with Crippen LogP contribution in [0.1, 0.15) is 37.7 Å². The molecule has 1 fully saturated rings. The molecule has 2 atom stereocenters. The third kappa shape index (κ3) is 5.67. The van der Waals surface area contributed by atoms with E-state index in [0.717, 1.165) is 37.7 Å². The zero-order chi connectivity index (χ0) is 15.1. The fraction of sp³-hybridized carbons (Fsp3) is 0.562. The number of aliphatic hydroxyl groups excluding tert-OH is 1. The van der Waals surface area contributed by atoms with E-state index in [0.29, 0.717) is 11.5 Å². The van der Waals surface area contributed by atoms with Gasteiger partial charge in [0.2, 0.25) is 5.91 Å². The summed E-state index contributed by atoms with van der Waals surface area (Å²) in [6.45, 7) is 0. The van der Waals surface area contributed by atoms with Gasteiger partial charge in [-0.2, -0.15) is 0 Å². The Morgan fingerprint density at radius 2 is 1.95 bits per heavy atom. The quantitative estimate of drug-likeness (QED) is 0.822. The van der Waals surface area contributed by atoms with Crippen molar-refractivity contribution in [3.8, 4) is 0 Å². The fourth-order valence-electron chi connectivity index (χ4n) is 2.55. The summed E-state index contributed by atoms with van der Waals surface area (Å²) in [5, 5.41) is 12.9. The lowest BCUT2D eigenvalue weighted by Gasteiger charge is -2.21. The maximum Gasteiger partial charge on any atom is 0.230 e. The van der Waals surface area contributed by atoms with E-state index in [-0.39, 0.29) is 17.8 Å². The molecule has 0 radical (unpaired) electrons. The van der Waals surface area contributed by atoms with Gasteiger partial charge in [0, 0.05) is 5.75 Å². The van der Waals surface area contributed by atoms with Crippen molar-refractivity contribution in [3.63, 3.8) is 0 Å². The third-order valence-electron chi connectivity index (χ3n) is 3.74. The van der Waals surface area contributed by atoms with Gasteiger partial charge in [0.05, 0.1) is 17.9 Å². The van der Waals surface area contributed by atoms with E-state index in [2.05, 4.69) is 5.32 Å². The predicted octanol–water partition coefficient (Wildman–Crippen LogP) is 2.87. The van der Waals surface area contributed by atoms with Crippen molar-refractivity contribution in [2.45, 2.75) is 50.0 Å². The highest BCUT2D eigenvalue weighted by molar-refractivity contribution is 7.99. The van der Waals surface area contributed by atoms with Gasteiger partial charge in [0.1, 0.15) is 5.82 Å². The Balaban J connectivity index is 1.70. The molecule has 2 N–H and O–H groups in total. The van der Waals surface area contributed by atoms with Crippen LogP contribution in [0.25, 0.3) is 0 Å². The predicted molar refractivity (Wildman–Crippen MR) is 83.6 cm³/mol. The average Bonchev–Trinajstić information content (AvgIpc) is 2.66. The molecule has 0 aromatic heterocycles. The maximum absolute atomic E-state index is 12.8. The Labute approximate surface area is 129 Å². The Kier molecular flexibility index (Phi) is 6.51. The Bertz CT molecular complexity index is 452. The summed E-state index contributed by atoms with van der Waals surface area (Å²) in [4.78, 5) is 11.9. The lowest BCUT2D eigenvalue weighted by Crippen LogP contribution is -2.43. The summed E-state index contributed by atoms with van der Waals surface area (Å²) in [7, 11) is 0. The lowest BCUT2D eigenvalue weighted by atomic mass is 10.1. The zero-order valence-electron chi connectivity index (χ0n) is 12.1. The summed E-state index contributed by atoms with van der Waals surface area (Å²) in [5.41, 5.74) is 1.00. The first-order valence-electron chi connectivity index (χ1n) is 7.45. The number of aliphatic hydroxyl groups is 1. The third-order valence-corrected chi connectivity index (χ3v) is 4.74. The monoisotopic (exact) mass is 311 g/mol. The number of halogens is 1. The van der Waals surface area contributed by atoms with Gasteiger partial charge in [-0.05, 0) is 30.5 Å². The van der Waals surface area contributed by atoms with E-state index in [4.69, 9.17) is 0 Å². The van der Waals surface area contributed by atoms with E-state index in [1.165, 1.54) is 23.9 Å². The molecular weight excluding hydrogens is 289 g/mol. The van der Waals surface area contributed by atoms with E-state index in [1.54, 1.807) is 12.1 Å². The van der Waals surface area contributed by atoms with Gasteiger partial charge in [-0.25, -0.2) is 4.39 Å². The molecule has 1 saturated carbocycles. The van der Waals surface area contributed by atoms with Crippen molar-refractivity contribution in [1.29, 1.82) is 0 Å². The molecular formula is C16H22FNO2S. The van der Waals surface area contributed by atoms with Gasteiger partial charge in [-0.3, -0.25) is 4.79 Å². The first-order chi connectivity index (χ1) is 10.1. The molecule has 3 nitrogen and oxygen atoms in total. The number of benzene rings is 1. The van der Waals surface area contributed by atoms with Crippen LogP contribution >= 0.6 is 11.8 Å². The van der Waals surface area contributed by atoms with Crippen LogP contribution in [-0.4, -0.2) is 28.9 Å². The second-order valence-corrected chi connectivity index (χ2v) is 6.48. The average molecular weight is 311 g/mol. The largest absolute Gasteiger partial charge is 0.391 e. The van der Waals surface area contributed by atoms with Crippen molar-refractivity contribution in [3.05, 3.63) is 35.6 Å². The molecule has 21 heavy (non-hydrogen) atoms. The number of hydrogen-bond donors (Lipinski definition) is 2. The molecule has 0 heterocycles. The number of carbonyl (C=O) groups is 1. The van der Waals surface area contributed by atoms with E-state index >= 15 is 0 Å². The van der Waals surface area contributed by atoms with Gasteiger partial charge < -0.3 is 10.4 Å². The van der Waals surface area contributed by atoms with Gasteiger partial charge >= 0.3 is 0 Å². The highest BCUT2D eigenvalue weighted by Gasteiger charge is 2.22. The molecule has 1 aromatic carbocycles. The highest BCUT2D eigenvalue weighted by Crippen LogP contribution is 2.18. The standard InChI is InChI=1S/C16H22FNO2S/c17-13-8-6-12(7-9-13)10-21-11-16(20)18-14-4-2-1-3-5-15(14)19/h6-9,14-15,19H,1-5,10-11H2,(H,18,20). The molecule has 1 amide bonds. The number of amides is 1. The summed E-state index contributed by atoms with van der Waals surface area (Å²) >= 11 is 1.50. The smallest absolute Gasteiger partial charge is 0.230 e.